The van der Waals surface area contributed by atoms with Gasteiger partial charge in [0.05, 0.1) is 14.2 Å². The highest BCUT2D eigenvalue weighted by atomic mass is 16.5. The summed E-state index contributed by atoms with van der Waals surface area (Å²) in [5.74, 6) is 3.51. The molecule has 2 aromatic carbocycles. The molecule has 2 heterocycles. The van der Waals surface area contributed by atoms with Gasteiger partial charge >= 0.3 is 6.03 Å². The molecule has 7 heteroatoms. The summed E-state index contributed by atoms with van der Waals surface area (Å²) in [5, 5.41) is 10.5. The first kappa shape index (κ1) is 22.7. The predicted octanol–water partition coefficient (Wildman–Crippen LogP) is 5.64. The van der Waals surface area contributed by atoms with Crippen LogP contribution in [0.2, 0.25) is 0 Å². The van der Waals surface area contributed by atoms with Gasteiger partial charge in [0.15, 0.2) is 0 Å². The van der Waals surface area contributed by atoms with Crippen LogP contribution in [0.15, 0.2) is 59.0 Å². The lowest BCUT2D eigenvalue weighted by molar-refractivity contribution is -0.0543. The third-order valence-electron chi connectivity index (χ3n) is 6.19. The standard InChI is InChI=1S/C26H30N2O5/c1-4-28(30)26(29)27-15-13-19(14-16-27)24-17-23(18-5-9-21(31-2)10-6-18)25(33-24)20-7-11-22(32-3)12-8-20/h5-12,17,19,30H,4,13-16H2,1-3H3. The summed E-state index contributed by atoms with van der Waals surface area (Å²) in [6.45, 7) is 3.18. The van der Waals surface area contributed by atoms with E-state index in [1.54, 1.807) is 26.0 Å². The quantitative estimate of drug-likeness (QED) is 0.388. The molecular formula is C26H30N2O5. The highest BCUT2D eigenvalue weighted by Gasteiger charge is 2.29. The monoisotopic (exact) mass is 450 g/mol. The third-order valence-corrected chi connectivity index (χ3v) is 6.19. The van der Waals surface area contributed by atoms with Gasteiger partial charge in [-0.15, -0.1) is 0 Å². The summed E-state index contributed by atoms with van der Waals surface area (Å²) < 4.78 is 17.1. The molecule has 1 aliphatic heterocycles. The summed E-state index contributed by atoms with van der Waals surface area (Å²) >= 11 is 0. The average Bonchev–Trinajstić information content (AvgIpc) is 3.33. The van der Waals surface area contributed by atoms with Crippen molar-refractivity contribution in [2.24, 2.45) is 0 Å². The molecule has 0 spiro atoms. The van der Waals surface area contributed by atoms with E-state index >= 15 is 0 Å². The molecule has 1 aromatic heterocycles. The van der Waals surface area contributed by atoms with Gasteiger partial charge in [-0.3, -0.25) is 5.21 Å². The fraction of sp³-hybridized carbons (Fsp3) is 0.346. The van der Waals surface area contributed by atoms with Crippen molar-refractivity contribution in [1.82, 2.24) is 9.96 Å². The number of hydrogen-bond acceptors (Lipinski definition) is 5. The second kappa shape index (κ2) is 10.0. The Morgan fingerprint density at radius 2 is 1.55 bits per heavy atom. The first-order valence-electron chi connectivity index (χ1n) is 11.2. The zero-order chi connectivity index (χ0) is 23.4. The molecule has 3 aromatic rings. The molecule has 2 amide bonds. The van der Waals surface area contributed by atoms with Crippen LogP contribution in [0.5, 0.6) is 11.5 Å². The van der Waals surface area contributed by atoms with Crippen LogP contribution in [0, 0.1) is 0 Å². The Morgan fingerprint density at radius 1 is 1.00 bits per heavy atom. The van der Waals surface area contributed by atoms with Crippen LogP contribution in [0.4, 0.5) is 4.79 Å². The van der Waals surface area contributed by atoms with Crippen molar-refractivity contribution in [2.75, 3.05) is 33.9 Å². The molecule has 1 fully saturated rings. The van der Waals surface area contributed by atoms with Gasteiger partial charge in [-0.25, -0.2) is 9.86 Å². The van der Waals surface area contributed by atoms with Gasteiger partial charge in [-0.05, 0) is 67.8 Å². The fourth-order valence-corrected chi connectivity index (χ4v) is 4.21. The first-order chi connectivity index (χ1) is 16.0. The first-order valence-corrected chi connectivity index (χ1v) is 11.2. The SMILES string of the molecule is CCN(O)C(=O)N1CCC(c2cc(-c3ccc(OC)cc3)c(-c3ccc(OC)cc3)o2)CC1. The Kier molecular flexibility index (Phi) is 6.89. The van der Waals surface area contributed by atoms with Gasteiger partial charge in [-0.2, -0.15) is 0 Å². The summed E-state index contributed by atoms with van der Waals surface area (Å²) in [6, 6.07) is 17.6. The number of amides is 2. The topological polar surface area (TPSA) is 75.4 Å². The van der Waals surface area contributed by atoms with E-state index in [1.165, 1.54) is 0 Å². The number of rotatable bonds is 6. The number of hydroxylamine groups is 2. The Morgan fingerprint density at radius 3 is 2.06 bits per heavy atom. The molecule has 33 heavy (non-hydrogen) atoms. The zero-order valence-electron chi connectivity index (χ0n) is 19.3. The van der Waals surface area contributed by atoms with Crippen molar-refractivity contribution in [3.05, 3.63) is 60.4 Å². The molecular weight excluding hydrogens is 420 g/mol. The van der Waals surface area contributed by atoms with E-state index in [-0.39, 0.29) is 18.5 Å². The maximum Gasteiger partial charge on any atom is 0.343 e. The molecule has 4 rings (SSSR count). The largest absolute Gasteiger partial charge is 0.497 e. The normalized spacial score (nSPS) is 14.2. The van der Waals surface area contributed by atoms with Gasteiger partial charge in [0.1, 0.15) is 23.0 Å². The molecule has 0 bridgehead atoms. The third kappa shape index (κ3) is 4.83. The van der Waals surface area contributed by atoms with Crippen LogP contribution in [0.25, 0.3) is 22.5 Å². The van der Waals surface area contributed by atoms with E-state index in [2.05, 4.69) is 6.07 Å². The number of nitrogens with zero attached hydrogens (tertiary/aromatic N) is 2. The van der Waals surface area contributed by atoms with Crippen molar-refractivity contribution in [3.63, 3.8) is 0 Å². The van der Waals surface area contributed by atoms with Crippen LogP contribution < -0.4 is 9.47 Å². The van der Waals surface area contributed by atoms with Gasteiger partial charge in [-0.1, -0.05) is 12.1 Å². The van der Waals surface area contributed by atoms with E-state index < -0.39 is 0 Å². The predicted molar refractivity (Wildman–Crippen MR) is 126 cm³/mol. The van der Waals surface area contributed by atoms with Crippen LogP contribution in [-0.2, 0) is 0 Å². The number of carbonyl (C=O) groups is 1. The van der Waals surface area contributed by atoms with Crippen LogP contribution in [0.1, 0.15) is 31.4 Å². The number of ether oxygens (including phenoxy) is 2. The minimum Gasteiger partial charge on any atom is -0.497 e. The lowest BCUT2D eigenvalue weighted by atomic mass is 9.93. The van der Waals surface area contributed by atoms with Gasteiger partial charge < -0.3 is 18.8 Å². The second-order valence-electron chi connectivity index (χ2n) is 8.11. The number of piperidine rings is 1. The molecule has 0 atom stereocenters. The Bertz CT molecular complexity index is 1000. The lowest BCUT2D eigenvalue weighted by Crippen LogP contribution is -2.45. The maximum absolute atomic E-state index is 12.3. The van der Waals surface area contributed by atoms with Crippen molar-refractivity contribution >= 4 is 6.03 Å². The van der Waals surface area contributed by atoms with Crippen molar-refractivity contribution in [3.8, 4) is 33.9 Å². The number of benzene rings is 2. The van der Waals surface area contributed by atoms with Crippen LogP contribution >= 0.6 is 0 Å². The zero-order valence-corrected chi connectivity index (χ0v) is 19.3. The number of likely N-dealkylation sites (tertiary alicyclic amines) is 1. The molecule has 1 N–H and O–H groups in total. The van der Waals surface area contributed by atoms with Crippen molar-refractivity contribution in [2.45, 2.75) is 25.7 Å². The summed E-state index contributed by atoms with van der Waals surface area (Å²) in [7, 11) is 3.30. The van der Waals surface area contributed by atoms with Gasteiger partial charge in [0, 0.05) is 36.7 Å². The second-order valence-corrected chi connectivity index (χ2v) is 8.11. The van der Waals surface area contributed by atoms with Crippen molar-refractivity contribution in [1.29, 1.82) is 0 Å². The Hall–Kier alpha value is -3.45. The minimum absolute atomic E-state index is 0.201. The summed E-state index contributed by atoms with van der Waals surface area (Å²) in [5.41, 5.74) is 3.03. The molecule has 0 aliphatic carbocycles. The molecule has 0 saturated carbocycles. The molecule has 1 saturated heterocycles. The highest BCUT2D eigenvalue weighted by molar-refractivity contribution is 5.81. The van der Waals surface area contributed by atoms with Gasteiger partial charge in [0.25, 0.3) is 0 Å². The van der Waals surface area contributed by atoms with E-state index in [4.69, 9.17) is 13.9 Å². The molecule has 7 nitrogen and oxygen atoms in total. The van der Waals surface area contributed by atoms with Gasteiger partial charge in [0.2, 0.25) is 0 Å². The highest BCUT2D eigenvalue weighted by Crippen LogP contribution is 2.40. The minimum atomic E-state index is -0.340. The molecule has 174 valence electrons. The molecule has 1 aliphatic rings. The summed E-state index contributed by atoms with van der Waals surface area (Å²) in [4.78, 5) is 14.0. The van der Waals surface area contributed by atoms with Crippen LogP contribution in [0.3, 0.4) is 0 Å². The number of methoxy groups -OCH3 is 2. The van der Waals surface area contributed by atoms with E-state index in [0.29, 0.717) is 13.1 Å². The molecule has 0 radical (unpaired) electrons. The Labute approximate surface area is 194 Å². The number of urea groups is 1. The van der Waals surface area contributed by atoms with Crippen LogP contribution in [-0.4, -0.2) is 55.1 Å². The average molecular weight is 451 g/mol. The van der Waals surface area contributed by atoms with Crippen molar-refractivity contribution < 1.29 is 23.9 Å². The maximum atomic E-state index is 12.3. The smallest absolute Gasteiger partial charge is 0.343 e. The van der Waals surface area contributed by atoms with E-state index in [9.17, 15) is 10.0 Å². The lowest BCUT2D eigenvalue weighted by Gasteiger charge is -2.32. The molecule has 0 unspecified atom stereocenters. The Balaban J connectivity index is 1.62. The fourth-order valence-electron chi connectivity index (χ4n) is 4.21. The van der Waals surface area contributed by atoms with E-state index in [1.807, 2.05) is 48.5 Å². The number of hydrogen-bond donors (Lipinski definition) is 1. The van der Waals surface area contributed by atoms with E-state index in [0.717, 1.165) is 57.6 Å². The number of furan rings is 1. The summed E-state index contributed by atoms with van der Waals surface area (Å²) in [6.07, 6.45) is 1.56. The number of carbonyl (C=O) groups excluding carboxylic acids is 1.